The van der Waals surface area contributed by atoms with Gasteiger partial charge in [-0.1, -0.05) is 19.1 Å². The molecule has 2 N–H and O–H groups in total. The van der Waals surface area contributed by atoms with Gasteiger partial charge in [-0.3, -0.25) is 4.79 Å². The average molecular weight is 430 g/mol. The molecular weight excluding hydrogens is 394 g/mol. The van der Waals surface area contributed by atoms with Crippen LogP contribution in [0.1, 0.15) is 49.5 Å². The van der Waals surface area contributed by atoms with Gasteiger partial charge in [0.15, 0.2) is 17.3 Å². The number of β-amino-alcohol motifs (C(OH)–C–C–N with tert-alkyl or cyclic N) is 1. The normalized spacial score (nSPS) is 12.3. The molecule has 0 aliphatic rings. The molecule has 31 heavy (non-hydrogen) atoms. The Kier molecular flexibility index (Phi) is 9.34. The van der Waals surface area contributed by atoms with E-state index in [1.165, 1.54) is 0 Å². The van der Waals surface area contributed by atoms with Crippen LogP contribution in [-0.4, -0.2) is 49.9 Å². The van der Waals surface area contributed by atoms with Crippen molar-refractivity contribution in [1.29, 1.82) is 0 Å². The lowest BCUT2D eigenvalue weighted by Gasteiger charge is -2.26. The predicted octanol–water partition coefficient (Wildman–Crippen LogP) is 4.04. The van der Waals surface area contributed by atoms with E-state index in [1.54, 1.807) is 32.4 Å². The lowest BCUT2D eigenvalue weighted by atomic mass is 10.0. The number of aliphatic hydroxyl groups is 1. The molecule has 0 bridgehead atoms. The molecule has 0 fully saturated rings. The summed E-state index contributed by atoms with van der Waals surface area (Å²) in [6, 6.07) is 12.8. The van der Waals surface area contributed by atoms with E-state index in [9.17, 15) is 9.90 Å². The molecule has 0 aromatic heterocycles. The molecule has 6 nitrogen and oxygen atoms in total. The maximum atomic E-state index is 12.6. The van der Waals surface area contributed by atoms with Crippen molar-refractivity contribution >= 4 is 5.78 Å². The summed E-state index contributed by atoms with van der Waals surface area (Å²) in [4.78, 5) is 12.6. The summed E-state index contributed by atoms with van der Waals surface area (Å²) >= 11 is 0. The third-order valence-electron chi connectivity index (χ3n) is 5.39. The lowest BCUT2D eigenvalue weighted by Crippen LogP contribution is -2.44. The van der Waals surface area contributed by atoms with Gasteiger partial charge in [-0.2, -0.15) is 0 Å². The summed E-state index contributed by atoms with van der Waals surface area (Å²) in [6.07, 6.45) is 1.35. The largest absolute Gasteiger partial charge is 0.493 e. The quantitative estimate of drug-likeness (QED) is 0.468. The SMILES string of the molecule is CCC(C)(C)NCC(O)COc1cccc(CCC(=O)c2ccc(OC)c(OC)c2)c1. The van der Waals surface area contributed by atoms with Gasteiger partial charge in [0.25, 0.3) is 0 Å². The molecule has 6 heteroatoms. The van der Waals surface area contributed by atoms with E-state index in [2.05, 4.69) is 26.1 Å². The number of aryl methyl sites for hydroxylation is 1. The first kappa shape index (κ1) is 24.7. The highest BCUT2D eigenvalue weighted by atomic mass is 16.5. The molecule has 2 aromatic rings. The monoisotopic (exact) mass is 429 g/mol. The number of rotatable bonds is 13. The Hall–Kier alpha value is -2.57. The van der Waals surface area contributed by atoms with E-state index in [0.29, 0.717) is 42.2 Å². The summed E-state index contributed by atoms with van der Waals surface area (Å²) < 4.78 is 16.2. The van der Waals surface area contributed by atoms with Gasteiger partial charge in [-0.15, -0.1) is 0 Å². The molecule has 2 rings (SSSR count). The van der Waals surface area contributed by atoms with E-state index >= 15 is 0 Å². The Morgan fingerprint density at radius 1 is 1.10 bits per heavy atom. The fraction of sp³-hybridized carbons (Fsp3) is 0.480. The fourth-order valence-electron chi connectivity index (χ4n) is 2.97. The predicted molar refractivity (Wildman–Crippen MR) is 123 cm³/mol. The molecule has 170 valence electrons. The molecule has 0 radical (unpaired) electrons. The summed E-state index contributed by atoms with van der Waals surface area (Å²) in [5.74, 6) is 1.86. The Balaban J connectivity index is 1.87. The molecule has 0 aliphatic carbocycles. The van der Waals surface area contributed by atoms with Crippen LogP contribution in [0.3, 0.4) is 0 Å². The number of Topliss-reactive ketones (excluding diaryl/α,β-unsaturated/α-hetero) is 1. The van der Waals surface area contributed by atoms with Gasteiger partial charge in [0.1, 0.15) is 18.5 Å². The zero-order chi connectivity index (χ0) is 22.9. The second-order valence-corrected chi connectivity index (χ2v) is 8.22. The third kappa shape index (κ3) is 7.89. The highest BCUT2D eigenvalue weighted by Crippen LogP contribution is 2.28. The minimum atomic E-state index is -0.596. The zero-order valence-electron chi connectivity index (χ0n) is 19.2. The van der Waals surface area contributed by atoms with Crippen molar-refractivity contribution in [3.05, 3.63) is 53.6 Å². The Bertz CT molecular complexity index is 850. The molecule has 1 atom stereocenters. The number of ether oxygens (including phenoxy) is 3. The van der Waals surface area contributed by atoms with Gasteiger partial charge in [0, 0.05) is 24.1 Å². The lowest BCUT2D eigenvalue weighted by molar-refractivity contribution is 0.0981. The van der Waals surface area contributed by atoms with Crippen LogP contribution in [-0.2, 0) is 6.42 Å². The Morgan fingerprint density at radius 3 is 2.52 bits per heavy atom. The number of nitrogens with one attached hydrogen (secondary N) is 1. The Labute approximate surface area is 185 Å². The van der Waals surface area contributed by atoms with Crippen LogP contribution in [0.15, 0.2) is 42.5 Å². The van der Waals surface area contributed by atoms with Crippen LogP contribution in [0.4, 0.5) is 0 Å². The fourth-order valence-corrected chi connectivity index (χ4v) is 2.97. The van der Waals surface area contributed by atoms with E-state index in [1.807, 2.05) is 24.3 Å². The van der Waals surface area contributed by atoms with Crippen LogP contribution in [0.25, 0.3) is 0 Å². The maximum Gasteiger partial charge on any atom is 0.163 e. The van der Waals surface area contributed by atoms with Crippen LogP contribution in [0.5, 0.6) is 17.2 Å². The minimum Gasteiger partial charge on any atom is -0.493 e. The molecule has 0 aliphatic heterocycles. The molecular formula is C25H35NO5. The number of ketones is 1. The molecule has 0 amide bonds. The first-order chi connectivity index (χ1) is 14.8. The van der Waals surface area contributed by atoms with Crippen molar-refractivity contribution in [1.82, 2.24) is 5.32 Å². The highest BCUT2D eigenvalue weighted by molar-refractivity contribution is 5.96. The van der Waals surface area contributed by atoms with Gasteiger partial charge in [0.2, 0.25) is 0 Å². The second-order valence-electron chi connectivity index (χ2n) is 8.22. The number of carbonyl (C=O) groups is 1. The van der Waals surface area contributed by atoms with Crippen LogP contribution in [0, 0.1) is 0 Å². The molecule has 0 spiro atoms. The molecule has 0 heterocycles. The van der Waals surface area contributed by atoms with Crippen LogP contribution >= 0.6 is 0 Å². The van der Waals surface area contributed by atoms with E-state index in [4.69, 9.17) is 14.2 Å². The molecule has 0 saturated heterocycles. The zero-order valence-corrected chi connectivity index (χ0v) is 19.2. The first-order valence-electron chi connectivity index (χ1n) is 10.7. The maximum absolute atomic E-state index is 12.6. The van der Waals surface area contributed by atoms with Gasteiger partial charge >= 0.3 is 0 Å². The second kappa shape index (κ2) is 11.7. The average Bonchev–Trinajstić information content (AvgIpc) is 2.79. The smallest absolute Gasteiger partial charge is 0.163 e. The van der Waals surface area contributed by atoms with Crippen molar-refractivity contribution in [2.24, 2.45) is 0 Å². The van der Waals surface area contributed by atoms with E-state index in [0.717, 1.165) is 12.0 Å². The number of methoxy groups -OCH3 is 2. The van der Waals surface area contributed by atoms with Crippen molar-refractivity contribution < 1.29 is 24.1 Å². The van der Waals surface area contributed by atoms with Crippen LogP contribution < -0.4 is 19.5 Å². The van der Waals surface area contributed by atoms with Crippen molar-refractivity contribution in [3.8, 4) is 17.2 Å². The number of hydrogen-bond acceptors (Lipinski definition) is 6. The highest BCUT2D eigenvalue weighted by Gasteiger charge is 2.16. The number of benzene rings is 2. The van der Waals surface area contributed by atoms with Gasteiger partial charge in [-0.05, 0) is 62.6 Å². The summed E-state index contributed by atoms with van der Waals surface area (Å²) in [5.41, 5.74) is 1.59. The van der Waals surface area contributed by atoms with Crippen molar-refractivity contribution in [2.75, 3.05) is 27.4 Å². The minimum absolute atomic E-state index is 0.0126. The summed E-state index contributed by atoms with van der Waals surface area (Å²) in [7, 11) is 3.12. The number of hydrogen-bond donors (Lipinski definition) is 2. The van der Waals surface area contributed by atoms with Gasteiger partial charge < -0.3 is 24.6 Å². The standard InChI is InChI=1S/C25H35NO5/c1-6-25(2,3)26-16-20(27)17-31-21-9-7-8-18(14-21)10-12-22(28)19-11-13-23(29-4)24(15-19)30-5/h7-9,11,13-15,20,26-27H,6,10,12,16-17H2,1-5H3. The van der Waals surface area contributed by atoms with Gasteiger partial charge in [0.05, 0.1) is 14.2 Å². The van der Waals surface area contributed by atoms with E-state index < -0.39 is 6.10 Å². The third-order valence-corrected chi connectivity index (χ3v) is 5.39. The molecule has 0 saturated carbocycles. The van der Waals surface area contributed by atoms with Crippen molar-refractivity contribution in [3.63, 3.8) is 0 Å². The first-order valence-corrected chi connectivity index (χ1v) is 10.7. The topological polar surface area (TPSA) is 77.0 Å². The van der Waals surface area contributed by atoms with Crippen molar-refractivity contribution in [2.45, 2.75) is 51.7 Å². The molecule has 2 aromatic carbocycles. The van der Waals surface area contributed by atoms with E-state index in [-0.39, 0.29) is 17.9 Å². The van der Waals surface area contributed by atoms with Crippen LogP contribution in [0.2, 0.25) is 0 Å². The summed E-state index contributed by atoms with van der Waals surface area (Å²) in [5, 5.41) is 13.5. The number of aliphatic hydroxyl groups excluding tert-OH is 1. The Morgan fingerprint density at radius 2 is 1.84 bits per heavy atom. The molecule has 1 unspecified atom stereocenters. The summed E-state index contributed by atoms with van der Waals surface area (Å²) in [6.45, 7) is 7.00. The number of carbonyl (C=O) groups excluding carboxylic acids is 1. The van der Waals surface area contributed by atoms with Gasteiger partial charge in [-0.25, -0.2) is 0 Å².